The highest BCUT2D eigenvalue weighted by Crippen LogP contribution is 2.03. The van der Waals surface area contributed by atoms with Gasteiger partial charge in [0.1, 0.15) is 19.5 Å². The maximum Gasteiger partial charge on any atom is 0.330 e. The largest absolute Gasteiger partial charge is 0.481 e. The van der Waals surface area contributed by atoms with Gasteiger partial charge in [0.15, 0.2) is 0 Å². The van der Waals surface area contributed by atoms with E-state index in [-0.39, 0.29) is 26.2 Å². The van der Waals surface area contributed by atoms with Gasteiger partial charge in [0, 0.05) is 19.1 Å². The second-order valence-electron chi connectivity index (χ2n) is 4.28. The summed E-state index contributed by atoms with van der Waals surface area (Å²) in [5.74, 6) is -1.97. The molecular weight excluding hydrogens is 296 g/mol. The van der Waals surface area contributed by atoms with Crippen molar-refractivity contribution >= 4 is 17.9 Å². The minimum absolute atomic E-state index is 0.0801. The molecule has 0 fully saturated rings. The van der Waals surface area contributed by atoms with Crippen LogP contribution in [0.5, 0.6) is 0 Å². The molecule has 0 aromatic heterocycles. The van der Waals surface area contributed by atoms with Gasteiger partial charge in [0.2, 0.25) is 0 Å². The van der Waals surface area contributed by atoms with Crippen LogP contribution in [0.2, 0.25) is 0 Å². The normalized spacial score (nSPS) is 11.5. The molecule has 0 amide bonds. The second kappa shape index (κ2) is 12.8. The Morgan fingerprint density at radius 2 is 2.00 bits per heavy atom. The fourth-order valence-corrected chi connectivity index (χ4v) is 1.35. The fourth-order valence-electron chi connectivity index (χ4n) is 1.35. The van der Waals surface area contributed by atoms with Crippen LogP contribution < -0.4 is 0 Å². The van der Waals surface area contributed by atoms with Gasteiger partial charge >= 0.3 is 17.9 Å². The second-order valence-corrected chi connectivity index (χ2v) is 4.28. The molecule has 0 aromatic rings. The van der Waals surface area contributed by atoms with Crippen molar-refractivity contribution in [1.82, 2.24) is 0 Å². The van der Waals surface area contributed by atoms with Crippen LogP contribution in [0.3, 0.4) is 0 Å². The smallest absolute Gasteiger partial charge is 0.330 e. The minimum Gasteiger partial charge on any atom is -0.481 e. The van der Waals surface area contributed by atoms with Crippen molar-refractivity contribution in [2.75, 3.05) is 27.1 Å². The quantitative estimate of drug-likeness (QED) is 0.231. The Hall–Kier alpha value is -1.93. The van der Waals surface area contributed by atoms with Crippen molar-refractivity contribution in [3.8, 4) is 0 Å². The molecule has 0 aliphatic heterocycles. The summed E-state index contributed by atoms with van der Waals surface area (Å²) >= 11 is 0. The molecular formula is C14H22O8. The summed E-state index contributed by atoms with van der Waals surface area (Å²) in [6, 6.07) is 0. The van der Waals surface area contributed by atoms with Gasteiger partial charge in [0.05, 0.1) is 13.5 Å². The van der Waals surface area contributed by atoms with E-state index in [4.69, 9.17) is 19.3 Å². The maximum absolute atomic E-state index is 11.2. The summed E-state index contributed by atoms with van der Waals surface area (Å²) in [4.78, 5) is 32.5. The van der Waals surface area contributed by atoms with Gasteiger partial charge < -0.3 is 24.1 Å². The average Bonchev–Trinajstić information content (AvgIpc) is 2.50. The number of carbonyl (C=O) groups is 3. The summed E-state index contributed by atoms with van der Waals surface area (Å²) < 4.78 is 19.8. The lowest BCUT2D eigenvalue weighted by Crippen LogP contribution is -2.26. The van der Waals surface area contributed by atoms with Gasteiger partial charge in [-0.15, -0.1) is 0 Å². The number of hydrogen-bond donors (Lipinski definition) is 1. The molecule has 0 aliphatic carbocycles. The number of methoxy groups -OCH3 is 1. The van der Waals surface area contributed by atoms with Crippen LogP contribution in [-0.2, 0) is 33.3 Å². The highest BCUT2D eigenvalue weighted by Gasteiger charge is 2.17. The van der Waals surface area contributed by atoms with E-state index in [1.54, 1.807) is 0 Å². The zero-order valence-electron chi connectivity index (χ0n) is 12.6. The van der Waals surface area contributed by atoms with Crippen LogP contribution in [0.1, 0.15) is 25.7 Å². The van der Waals surface area contributed by atoms with E-state index in [1.165, 1.54) is 7.11 Å². The molecule has 0 saturated heterocycles. The number of carboxylic acids is 1. The predicted molar refractivity (Wildman–Crippen MR) is 75.0 cm³/mol. The maximum atomic E-state index is 11.2. The SMILES string of the molecule is C=CC(=O)OCC(CC(=O)OC)OCOCCCCC(=O)O. The van der Waals surface area contributed by atoms with Gasteiger partial charge in [-0.3, -0.25) is 9.59 Å². The first kappa shape index (κ1) is 20.1. The van der Waals surface area contributed by atoms with Gasteiger partial charge in [-0.2, -0.15) is 0 Å². The van der Waals surface area contributed by atoms with E-state index in [9.17, 15) is 14.4 Å². The lowest BCUT2D eigenvalue weighted by Gasteiger charge is -2.16. The van der Waals surface area contributed by atoms with E-state index in [0.717, 1.165) is 6.08 Å². The van der Waals surface area contributed by atoms with Gasteiger partial charge in [-0.25, -0.2) is 4.79 Å². The highest BCUT2D eigenvalue weighted by molar-refractivity contribution is 5.81. The molecule has 22 heavy (non-hydrogen) atoms. The summed E-state index contributed by atoms with van der Waals surface area (Å²) in [6.07, 6.45) is 1.43. The van der Waals surface area contributed by atoms with E-state index in [0.29, 0.717) is 19.4 Å². The Morgan fingerprint density at radius 1 is 1.27 bits per heavy atom. The molecule has 0 radical (unpaired) electrons. The van der Waals surface area contributed by atoms with Gasteiger partial charge in [-0.1, -0.05) is 6.58 Å². The van der Waals surface area contributed by atoms with Crippen LogP contribution in [-0.4, -0.2) is 56.2 Å². The lowest BCUT2D eigenvalue weighted by molar-refractivity contribution is -0.158. The first-order valence-corrected chi connectivity index (χ1v) is 6.76. The van der Waals surface area contributed by atoms with Crippen molar-refractivity contribution < 1.29 is 38.4 Å². The standard InChI is InChI=1S/C14H22O8/c1-3-13(17)21-9-11(8-14(18)19-2)22-10-20-7-5-4-6-12(15)16/h3,11H,1,4-10H2,2H3,(H,15,16). The van der Waals surface area contributed by atoms with E-state index in [2.05, 4.69) is 11.3 Å². The molecule has 0 aliphatic rings. The number of carboxylic acid groups (broad SMARTS) is 1. The topological polar surface area (TPSA) is 108 Å². The average molecular weight is 318 g/mol. The Morgan fingerprint density at radius 3 is 2.59 bits per heavy atom. The number of unbranched alkanes of at least 4 members (excludes halogenated alkanes) is 1. The lowest BCUT2D eigenvalue weighted by atomic mass is 10.2. The molecule has 1 unspecified atom stereocenters. The number of esters is 2. The molecule has 8 nitrogen and oxygen atoms in total. The van der Waals surface area contributed by atoms with Crippen molar-refractivity contribution in [2.45, 2.75) is 31.8 Å². The van der Waals surface area contributed by atoms with Crippen LogP contribution >= 0.6 is 0 Å². The minimum atomic E-state index is -0.849. The summed E-state index contributed by atoms with van der Waals surface area (Å²) in [7, 11) is 1.24. The molecule has 0 spiro atoms. The van der Waals surface area contributed by atoms with Crippen LogP contribution in [0.25, 0.3) is 0 Å². The van der Waals surface area contributed by atoms with Crippen LogP contribution in [0.4, 0.5) is 0 Å². The third kappa shape index (κ3) is 11.9. The molecule has 0 aromatic carbocycles. The van der Waals surface area contributed by atoms with Crippen molar-refractivity contribution in [3.63, 3.8) is 0 Å². The van der Waals surface area contributed by atoms with Gasteiger partial charge in [-0.05, 0) is 12.8 Å². The Labute approximate surface area is 129 Å². The first-order valence-electron chi connectivity index (χ1n) is 6.76. The van der Waals surface area contributed by atoms with Crippen LogP contribution in [0, 0.1) is 0 Å². The number of rotatable bonds is 13. The Balaban J connectivity index is 3.91. The van der Waals surface area contributed by atoms with Crippen molar-refractivity contribution in [1.29, 1.82) is 0 Å². The van der Waals surface area contributed by atoms with Crippen molar-refractivity contribution in [2.24, 2.45) is 0 Å². The molecule has 126 valence electrons. The van der Waals surface area contributed by atoms with Gasteiger partial charge in [0.25, 0.3) is 0 Å². The third-order valence-corrected chi connectivity index (χ3v) is 2.52. The third-order valence-electron chi connectivity index (χ3n) is 2.52. The zero-order chi connectivity index (χ0) is 16.8. The molecule has 0 bridgehead atoms. The van der Waals surface area contributed by atoms with E-state index in [1.807, 2.05) is 0 Å². The first-order chi connectivity index (χ1) is 10.5. The molecule has 0 rings (SSSR count). The molecule has 1 atom stereocenters. The monoisotopic (exact) mass is 318 g/mol. The van der Waals surface area contributed by atoms with Crippen molar-refractivity contribution in [3.05, 3.63) is 12.7 Å². The zero-order valence-corrected chi connectivity index (χ0v) is 12.6. The summed E-state index contributed by atoms with van der Waals surface area (Å²) in [5.41, 5.74) is 0. The van der Waals surface area contributed by atoms with E-state index < -0.39 is 24.0 Å². The summed E-state index contributed by atoms with van der Waals surface area (Å²) in [5, 5.41) is 8.46. The highest BCUT2D eigenvalue weighted by atomic mass is 16.7. The molecule has 0 heterocycles. The Bertz CT molecular complexity index is 366. The molecule has 1 N–H and O–H groups in total. The van der Waals surface area contributed by atoms with Crippen LogP contribution in [0.15, 0.2) is 12.7 Å². The number of ether oxygens (including phenoxy) is 4. The molecule has 0 saturated carbocycles. The number of carbonyl (C=O) groups excluding carboxylic acids is 2. The van der Waals surface area contributed by atoms with E-state index >= 15 is 0 Å². The predicted octanol–water partition coefficient (Wildman–Crippen LogP) is 0.893. The number of aliphatic carboxylic acids is 1. The molecule has 8 heteroatoms. The fraction of sp³-hybridized carbons (Fsp3) is 0.643. The summed E-state index contributed by atoms with van der Waals surface area (Å²) in [6.45, 7) is 3.38. The Kier molecular flexibility index (Phi) is 11.7. The number of hydrogen-bond acceptors (Lipinski definition) is 7.